The molecular weight excluding hydrogens is 334 g/mol. The number of amides is 1. The van der Waals surface area contributed by atoms with E-state index in [4.69, 9.17) is 9.68 Å². The van der Waals surface area contributed by atoms with Crippen molar-refractivity contribution in [2.24, 2.45) is 0 Å². The Morgan fingerprint density at radius 1 is 1.46 bits per heavy atom. The number of β-amino-alcohol motifs (C(OH)–C–C–N with tert-alkyl or cyclic N) is 1. The predicted molar refractivity (Wildman–Crippen MR) is 92.0 cm³/mol. The number of aryl methyl sites for hydroxylation is 1. The van der Waals surface area contributed by atoms with Gasteiger partial charge in [0.25, 0.3) is 5.91 Å². The van der Waals surface area contributed by atoms with Gasteiger partial charge < -0.3 is 14.4 Å². The van der Waals surface area contributed by atoms with E-state index >= 15 is 0 Å². The SMILES string of the molecule is CCN(Cc1nnc(C)o1)[C@@H]1CN(C(=O)c2cccc(C#N)c2)C[C@H]1O. The lowest BCUT2D eigenvalue weighted by atomic mass is 10.1. The lowest BCUT2D eigenvalue weighted by molar-refractivity contribution is 0.0743. The van der Waals surface area contributed by atoms with Crippen LogP contribution in [0.15, 0.2) is 28.7 Å². The highest BCUT2D eigenvalue weighted by Crippen LogP contribution is 2.21. The van der Waals surface area contributed by atoms with Gasteiger partial charge in [0.05, 0.1) is 30.3 Å². The second-order valence-corrected chi connectivity index (χ2v) is 6.32. The normalized spacial score (nSPS) is 19.7. The summed E-state index contributed by atoms with van der Waals surface area (Å²) in [6, 6.07) is 8.42. The van der Waals surface area contributed by atoms with Gasteiger partial charge in [-0.15, -0.1) is 10.2 Å². The number of hydrogen-bond acceptors (Lipinski definition) is 7. The number of aliphatic hydroxyl groups excluding tert-OH is 1. The maximum absolute atomic E-state index is 12.7. The van der Waals surface area contributed by atoms with Crippen LogP contribution in [0.2, 0.25) is 0 Å². The molecule has 1 amide bonds. The van der Waals surface area contributed by atoms with Crippen LogP contribution >= 0.6 is 0 Å². The summed E-state index contributed by atoms with van der Waals surface area (Å²) in [5, 5.41) is 27.3. The number of carbonyl (C=O) groups is 1. The monoisotopic (exact) mass is 355 g/mol. The molecule has 3 rings (SSSR count). The summed E-state index contributed by atoms with van der Waals surface area (Å²) in [5.74, 6) is 0.800. The zero-order valence-electron chi connectivity index (χ0n) is 14.8. The van der Waals surface area contributed by atoms with E-state index in [1.807, 2.05) is 17.9 Å². The molecular formula is C18H21N5O3. The number of likely N-dealkylation sites (tertiary alicyclic amines) is 1. The van der Waals surface area contributed by atoms with Crippen LogP contribution in [0.5, 0.6) is 0 Å². The van der Waals surface area contributed by atoms with Gasteiger partial charge in [-0.05, 0) is 24.7 Å². The summed E-state index contributed by atoms with van der Waals surface area (Å²) < 4.78 is 5.42. The van der Waals surface area contributed by atoms with Crippen molar-refractivity contribution in [2.45, 2.75) is 32.5 Å². The van der Waals surface area contributed by atoms with E-state index in [0.717, 1.165) is 0 Å². The molecule has 0 bridgehead atoms. The zero-order chi connectivity index (χ0) is 18.7. The van der Waals surface area contributed by atoms with E-state index in [9.17, 15) is 9.90 Å². The first-order valence-electron chi connectivity index (χ1n) is 8.52. The van der Waals surface area contributed by atoms with Gasteiger partial charge in [0.1, 0.15) is 0 Å². The standard InChI is InChI=1S/C18H21N5O3/c1-3-22(11-17-21-20-12(2)26-17)15-9-23(10-16(15)24)18(25)14-6-4-5-13(7-14)8-19/h4-7,15-16,24H,3,9-11H2,1-2H3/t15-,16-/m1/s1. The average Bonchev–Trinajstić information content (AvgIpc) is 3.24. The van der Waals surface area contributed by atoms with E-state index in [1.165, 1.54) is 0 Å². The molecule has 1 N–H and O–H groups in total. The van der Waals surface area contributed by atoms with Crippen molar-refractivity contribution in [3.8, 4) is 6.07 Å². The van der Waals surface area contributed by atoms with Gasteiger partial charge in [-0.25, -0.2) is 0 Å². The fourth-order valence-corrected chi connectivity index (χ4v) is 3.24. The van der Waals surface area contributed by atoms with Crippen LogP contribution in [0.3, 0.4) is 0 Å². The van der Waals surface area contributed by atoms with E-state index in [-0.39, 0.29) is 18.5 Å². The molecule has 136 valence electrons. The van der Waals surface area contributed by atoms with Crippen LogP contribution in [0.4, 0.5) is 0 Å². The Morgan fingerprint density at radius 2 is 2.27 bits per heavy atom. The number of aliphatic hydroxyl groups is 1. The number of nitriles is 1. The lowest BCUT2D eigenvalue weighted by Crippen LogP contribution is -2.43. The highest BCUT2D eigenvalue weighted by molar-refractivity contribution is 5.94. The van der Waals surface area contributed by atoms with E-state index in [1.54, 1.807) is 36.1 Å². The average molecular weight is 355 g/mol. The minimum Gasteiger partial charge on any atom is -0.424 e. The van der Waals surface area contributed by atoms with Crippen LogP contribution in [0.1, 0.15) is 34.6 Å². The molecule has 1 saturated heterocycles. The minimum absolute atomic E-state index is 0.187. The summed E-state index contributed by atoms with van der Waals surface area (Å²) in [4.78, 5) is 16.4. The first kappa shape index (κ1) is 18.0. The van der Waals surface area contributed by atoms with Gasteiger partial charge in [-0.2, -0.15) is 5.26 Å². The Bertz CT molecular complexity index is 828. The predicted octanol–water partition coefficient (Wildman–Crippen LogP) is 0.957. The zero-order valence-corrected chi connectivity index (χ0v) is 14.8. The van der Waals surface area contributed by atoms with Gasteiger partial charge in [0.2, 0.25) is 11.8 Å². The van der Waals surface area contributed by atoms with Crippen LogP contribution in [0.25, 0.3) is 0 Å². The lowest BCUT2D eigenvalue weighted by Gasteiger charge is -2.27. The van der Waals surface area contributed by atoms with Crippen molar-refractivity contribution in [3.05, 3.63) is 47.2 Å². The molecule has 26 heavy (non-hydrogen) atoms. The molecule has 1 aliphatic heterocycles. The molecule has 8 nitrogen and oxygen atoms in total. The van der Waals surface area contributed by atoms with Crippen molar-refractivity contribution in [1.29, 1.82) is 5.26 Å². The van der Waals surface area contributed by atoms with E-state index in [0.29, 0.717) is 42.5 Å². The van der Waals surface area contributed by atoms with Crippen molar-refractivity contribution in [1.82, 2.24) is 20.0 Å². The highest BCUT2D eigenvalue weighted by Gasteiger charge is 2.38. The maximum Gasteiger partial charge on any atom is 0.254 e. The van der Waals surface area contributed by atoms with Crippen LogP contribution < -0.4 is 0 Å². The van der Waals surface area contributed by atoms with Crippen molar-refractivity contribution >= 4 is 5.91 Å². The largest absolute Gasteiger partial charge is 0.424 e. The molecule has 0 radical (unpaired) electrons. The quantitative estimate of drug-likeness (QED) is 0.851. The smallest absolute Gasteiger partial charge is 0.254 e. The third-order valence-corrected chi connectivity index (χ3v) is 4.57. The molecule has 8 heteroatoms. The topological polar surface area (TPSA) is 106 Å². The Labute approximate surface area is 151 Å². The summed E-state index contributed by atoms with van der Waals surface area (Å²) in [7, 11) is 0. The van der Waals surface area contributed by atoms with Crippen LogP contribution in [0, 0.1) is 18.3 Å². The molecule has 0 spiro atoms. The highest BCUT2D eigenvalue weighted by atomic mass is 16.4. The number of hydrogen-bond donors (Lipinski definition) is 1. The summed E-state index contributed by atoms with van der Waals surface area (Å²) in [5.41, 5.74) is 0.890. The molecule has 1 aromatic heterocycles. The molecule has 0 unspecified atom stereocenters. The second kappa shape index (κ2) is 7.64. The molecule has 0 aliphatic carbocycles. The van der Waals surface area contributed by atoms with Crippen molar-refractivity contribution in [3.63, 3.8) is 0 Å². The van der Waals surface area contributed by atoms with Crippen molar-refractivity contribution < 1.29 is 14.3 Å². The number of likely N-dealkylation sites (N-methyl/N-ethyl adjacent to an activating group) is 1. The summed E-state index contributed by atoms with van der Waals surface area (Å²) in [6.45, 7) is 5.46. The molecule has 1 aromatic carbocycles. The molecule has 1 aliphatic rings. The van der Waals surface area contributed by atoms with Gasteiger partial charge in [0, 0.05) is 25.6 Å². The Hall–Kier alpha value is -2.76. The third kappa shape index (κ3) is 3.74. The van der Waals surface area contributed by atoms with Gasteiger partial charge >= 0.3 is 0 Å². The fraction of sp³-hybridized carbons (Fsp3) is 0.444. The van der Waals surface area contributed by atoms with Crippen LogP contribution in [-0.2, 0) is 6.54 Å². The minimum atomic E-state index is -0.665. The first-order valence-corrected chi connectivity index (χ1v) is 8.52. The Balaban J connectivity index is 1.71. The number of carbonyl (C=O) groups excluding carboxylic acids is 1. The van der Waals surface area contributed by atoms with E-state index < -0.39 is 6.10 Å². The third-order valence-electron chi connectivity index (χ3n) is 4.57. The number of nitrogens with zero attached hydrogens (tertiary/aromatic N) is 5. The molecule has 2 aromatic rings. The second-order valence-electron chi connectivity index (χ2n) is 6.32. The maximum atomic E-state index is 12.7. The van der Waals surface area contributed by atoms with Crippen LogP contribution in [-0.4, -0.2) is 62.8 Å². The summed E-state index contributed by atoms with van der Waals surface area (Å²) in [6.07, 6.45) is -0.665. The molecule has 0 saturated carbocycles. The van der Waals surface area contributed by atoms with Gasteiger partial charge in [-0.1, -0.05) is 13.0 Å². The van der Waals surface area contributed by atoms with E-state index in [2.05, 4.69) is 10.2 Å². The van der Waals surface area contributed by atoms with Crippen molar-refractivity contribution in [2.75, 3.05) is 19.6 Å². The Kier molecular flexibility index (Phi) is 5.30. The number of aromatic nitrogens is 2. The van der Waals surface area contributed by atoms with Gasteiger partial charge in [0.15, 0.2) is 0 Å². The molecule has 1 fully saturated rings. The number of rotatable bonds is 5. The van der Waals surface area contributed by atoms with Gasteiger partial charge in [-0.3, -0.25) is 9.69 Å². The Morgan fingerprint density at radius 3 is 2.92 bits per heavy atom. The first-order chi connectivity index (χ1) is 12.5. The fourth-order valence-electron chi connectivity index (χ4n) is 3.24. The molecule has 2 atom stereocenters. The number of benzene rings is 1. The molecule has 2 heterocycles. The summed E-state index contributed by atoms with van der Waals surface area (Å²) >= 11 is 0.